The molecule has 22 heavy (non-hydrogen) atoms. The summed E-state index contributed by atoms with van der Waals surface area (Å²) in [6.45, 7) is 3.52. The monoisotopic (exact) mass is 294 g/mol. The third-order valence-electron chi connectivity index (χ3n) is 4.56. The molecule has 0 bridgehead atoms. The van der Waals surface area contributed by atoms with E-state index in [-0.39, 0.29) is 0 Å². The van der Waals surface area contributed by atoms with E-state index in [1.807, 2.05) is 12.1 Å². The van der Waals surface area contributed by atoms with Crippen LogP contribution in [0.25, 0.3) is 11.1 Å². The summed E-state index contributed by atoms with van der Waals surface area (Å²) in [5.74, 6) is 0. The molecule has 2 heterocycles. The molecule has 0 saturated carbocycles. The molecule has 4 heteroatoms. The van der Waals surface area contributed by atoms with Crippen molar-refractivity contribution in [1.82, 2.24) is 4.90 Å². The molecule has 1 atom stereocenters. The molecular weight excluding hydrogens is 272 g/mol. The number of likely N-dealkylation sites (tertiary alicyclic amines) is 1. The van der Waals surface area contributed by atoms with Crippen LogP contribution in [0, 0.1) is 0 Å². The first kappa shape index (κ1) is 13.5. The molecule has 1 saturated heterocycles. The van der Waals surface area contributed by atoms with Gasteiger partial charge in [-0.1, -0.05) is 18.2 Å². The normalized spacial score (nSPS) is 20.5. The number of benzene rings is 2. The standard InChI is InChI=1S/C18H22N4/c19-15-6-3-13(4-7-15)14-5-8-16-17(11-14)21-18(20-16)12-22-9-1-2-10-22/h3-8,11,18,20-21H,1-2,9-10,12,19H2. The van der Waals surface area contributed by atoms with Crippen molar-refractivity contribution in [3.8, 4) is 11.1 Å². The Morgan fingerprint density at radius 2 is 1.59 bits per heavy atom. The second kappa shape index (κ2) is 5.54. The SMILES string of the molecule is Nc1ccc(-c2ccc3c(c2)NC(CN2CCCC2)N3)cc1. The molecule has 0 amide bonds. The van der Waals surface area contributed by atoms with Gasteiger partial charge < -0.3 is 16.4 Å². The molecule has 2 aromatic rings. The van der Waals surface area contributed by atoms with Gasteiger partial charge >= 0.3 is 0 Å². The van der Waals surface area contributed by atoms with Crippen LogP contribution in [0.4, 0.5) is 17.1 Å². The van der Waals surface area contributed by atoms with Gasteiger partial charge in [0, 0.05) is 12.2 Å². The Hall–Kier alpha value is -2.20. The van der Waals surface area contributed by atoms with E-state index in [9.17, 15) is 0 Å². The second-order valence-electron chi connectivity index (χ2n) is 6.23. The summed E-state index contributed by atoms with van der Waals surface area (Å²) in [5, 5.41) is 7.18. The number of fused-ring (bicyclic) bond motifs is 1. The molecule has 1 fully saturated rings. The van der Waals surface area contributed by atoms with E-state index in [0.29, 0.717) is 6.17 Å². The molecule has 4 rings (SSSR count). The topological polar surface area (TPSA) is 53.3 Å². The molecule has 0 aromatic heterocycles. The Kier molecular flexibility index (Phi) is 3.39. The summed E-state index contributed by atoms with van der Waals surface area (Å²) in [7, 11) is 0. The van der Waals surface area contributed by atoms with Gasteiger partial charge in [-0.3, -0.25) is 4.90 Å². The molecule has 114 valence electrons. The maximum atomic E-state index is 5.76. The van der Waals surface area contributed by atoms with E-state index in [1.165, 1.54) is 48.4 Å². The van der Waals surface area contributed by atoms with Crippen molar-refractivity contribution in [2.24, 2.45) is 0 Å². The highest BCUT2D eigenvalue weighted by Crippen LogP contribution is 2.34. The Morgan fingerprint density at radius 3 is 2.36 bits per heavy atom. The number of nitrogens with one attached hydrogen (secondary N) is 2. The zero-order valence-corrected chi connectivity index (χ0v) is 12.7. The predicted octanol–water partition coefficient (Wildman–Crippen LogP) is 3.20. The zero-order valence-electron chi connectivity index (χ0n) is 12.7. The van der Waals surface area contributed by atoms with Gasteiger partial charge in [0.25, 0.3) is 0 Å². The molecule has 0 spiro atoms. The van der Waals surface area contributed by atoms with Crippen molar-refractivity contribution in [2.75, 3.05) is 36.0 Å². The number of hydrogen-bond acceptors (Lipinski definition) is 4. The van der Waals surface area contributed by atoms with Crippen LogP contribution in [-0.4, -0.2) is 30.7 Å². The third-order valence-corrected chi connectivity index (χ3v) is 4.56. The molecule has 2 aliphatic heterocycles. The fourth-order valence-corrected chi connectivity index (χ4v) is 3.37. The quantitative estimate of drug-likeness (QED) is 0.761. The fourth-order valence-electron chi connectivity index (χ4n) is 3.37. The van der Waals surface area contributed by atoms with E-state index in [2.05, 4.69) is 45.9 Å². The molecule has 0 aliphatic carbocycles. The summed E-state index contributed by atoms with van der Waals surface area (Å²) in [6, 6.07) is 14.6. The fraction of sp³-hybridized carbons (Fsp3) is 0.333. The maximum Gasteiger partial charge on any atom is 0.110 e. The first-order valence-electron chi connectivity index (χ1n) is 8.03. The summed E-state index contributed by atoms with van der Waals surface area (Å²) in [6.07, 6.45) is 2.98. The Bertz CT molecular complexity index is 659. The van der Waals surface area contributed by atoms with E-state index in [4.69, 9.17) is 5.73 Å². The lowest BCUT2D eigenvalue weighted by Gasteiger charge is -2.20. The second-order valence-corrected chi connectivity index (χ2v) is 6.23. The smallest absolute Gasteiger partial charge is 0.110 e. The van der Waals surface area contributed by atoms with E-state index < -0.39 is 0 Å². The van der Waals surface area contributed by atoms with Crippen molar-refractivity contribution in [3.63, 3.8) is 0 Å². The van der Waals surface area contributed by atoms with Crippen LogP contribution < -0.4 is 16.4 Å². The minimum absolute atomic E-state index is 0.315. The highest BCUT2D eigenvalue weighted by molar-refractivity contribution is 5.81. The Labute approximate surface area is 131 Å². The molecule has 1 unspecified atom stereocenters. The van der Waals surface area contributed by atoms with Crippen LogP contribution >= 0.6 is 0 Å². The van der Waals surface area contributed by atoms with Gasteiger partial charge in [-0.2, -0.15) is 0 Å². The first-order valence-corrected chi connectivity index (χ1v) is 8.03. The summed E-state index contributed by atoms with van der Waals surface area (Å²) in [4.78, 5) is 2.53. The molecule has 4 nitrogen and oxygen atoms in total. The van der Waals surface area contributed by atoms with Crippen LogP contribution in [0.2, 0.25) is 0 Å². The number of nitrogen functional groups attached to an aromatic ring is 1. The van der Waals surface area contributed by atoms with Gasteiger partial charge in [-0.25, -0.2) is 0 Å². The number of hydrogen-bond donors (Lipinski definition) is 3. The van der Waals surface area contributed by atoms with Gasteiger partial charge in [0.15, 0.2) is 0 Å². The van der Waals surface area contributed by atoms with E-state index in [0.717, 1.165) is 12.2 Å². The minimum Gasteiger partial charge on any atom is -0.399 e. The molecule has 0 radical (unpaired) electrons. The van der Waals surface area contributed by atoms with Gasteiger partial charge in [0.2, 0.25) is 0 Å². The van der Waals surface area contributed by atoms with Gasteiger partial charge in [0.05, 0.1) is 11.4 Å². The van der Waals surface area contributed by atoms with Gasteiger partial charge in [0.1, 0.15) is 6.17 Å². The van der Waals surface area contributed by atoms with Crippen LogP contribution in [0.1, 0.15) is 12.8 Å². The van der Waals surface area contributed by atoms with Gasteiger partial charge in [-0.15, -0.1) is 0 Å². The van der Waals surface area contributed by atoms with E-state index in [1.54, 1.807) is 0 Å². The Balaban J connectivity index is 1.50. The minimum atomic E-state index is 0.315. The maximum absolute atomic E-state index is 5.76. The largest absolute Gasteiger partial charge is 0.399 e. The van der Waals surface area contributed by atoms with Crippen LogP contribution in [-0.2, 0) is 0 Å². The lowest BCUT2D eigenvalue weighted by atomic mass is 10.0. The van der Waals surface area contributed by atoms with Crippen molar-refractivity contribution in [1.29, 1.82) is 0 Å². The van der Waals surface area contributed by atoms with Crippen molar-refractivity contribution < 1.29 is 0 Å². The summed E-state index contributed by atoms with van der Waals surface area (Å²) in [5.41, 5.74) is 11.4. The highest BCUT2D eigenvalue weighted by atomic mass is 15.3. The molecular formula is C18H22N4. The van der Waals surface area contributed by atoms with Gasteiger partial charge in [-0.05, 0) is 61.3 Å². The van der Waals surface area contributed by atoms with Crippen molar-refractivity contribution in [3.05, 3.63) is 42.5 Å². The van der Waals surface area contributed by atoms with Crippen LogP contribution in [0.5, 0.6) is 0 Å². The zero-order chi connectivity index (χ0) is 14.9. The molecule has 2 aliphatic rings. The van der Waals surface area contributed by atoms with Crippen LogP contribution in [0.3, 0.4) is 0 Å². The van der Waals surface area contributed by atoms with Crippen molar-refractivity contribution >= 4 is 17.1 Å². The average molecular weight is 294 g/mol. The highest BCUT2D eigenvalue weighted by Gasteiger charge is 2.23. The number of rotatable bonds is 3. The first-order chi connectivity index (χ1) is 10.8. The molecule has 4 N–H and O–H groups in total. The average Bonchev–Trinajstić information content (AvgIpc) is 3.16. The summed E-state index contributed by atoms with van der Waals surface area (Å²) < 4.78 is 0. The van der Waals surface area contributed by atoms with Crippen LogP contribution in [0.15, 0.2) is 42.5 Å². The van der Waals surface area contributed by atoms with Crippen molar-refractivity contribution in [2.45, 2.75) is 19.0 Å². The number of nitrogens with zero attached hydrogens (tertiary/aromatic N) is 1. The number of anilines is 3. The van der Waals surface area contributed by atoms with E-state index >= 15 is 0 Å². The molecule has 2 aromatic carbocycles. The predicted molar refractivity (Wildman–Crippen MR) is 93.0 cm³/mol. The third kappa shape index (κ3) is 2.62. The lowest BCUT2D eigenvalue weighted by molar-refractivity contribution is 0.332. The Morgan fingerprint density at radius 1 is 0.909 bits per heavy atom. The number of nitrogens with two attached hydrogens (primary N) is 1. The lowest BCUT2D eigenvalue weighted by Crippen LogP contribution is -2.37. The summed E-state index contributed by atoms with van der Waals surface area (Å²) >= 11 is 0.